The lowest BCUT2D eigenvalue weighted by atomic mass is 9.88. The van der Waals surface area contributed by atoms with E-state index < -0.39 is 5.54 Å². The van der Waals surface area contributed by atoms with Crippen molar-refractivity contribution >= 4 is 11.9 Å². The van der Waals surface area contributed by atoms with E-state index in [0.29, 0.717) is 26.2 Å². The number of carbonyl (C=O) groups is 1. The number of benzene rings is 2. The van der Waals surface area contributed by atoms with Crippen LogP contribution in [0, 0.1) is 0 Å². The van der Waals surface area contributed by atoms with Crippen LogP contribution in [0.5, 0.6) is 5.75 Å². The molecule has 0 saturated carbocycles. The number of para-hydroxylation sites is 1. The average Bonchev–Trinajstić information content (AvgIpc) is 3.15. The SMILES string of the molecule is COc1ccccc1-c1ccc(N2CCN3C(=O)OCC3(Cc3ccccc3)C2)nn1. The van der Waals surface area contributed by atoms with E-state index in [9.17, 15) is 4.79 Å². The highest BCUT2D eigenvalue weighted by atomic mass is 16.6. The van der Waals surface area contributed by atoms with Crippen molar-refractivity contribution in [3.8, 4) is 17.0 Å². The van der Waals surface area contributed by atoms with E-state index in [1.807, 2.05) is 59.5 Å². The van der Waals surface area contributed by atoms with Gasteiger partial charge in [-0.05, 0) is 29.8 Å². The first kappa shape index (κ1) is 19.4. The Morgan fingerprint density at radius 2 is 1.81 bits per heavy atom. The van der Waals surface area contributed by atoms with Crippen molar-refractivity contribution in [2.45, 2.75) is 12.0 Å². The van der Waals surface area contributed by atoms with Gasteiger partial charge in [0.1, 0.15) is 17.9 Å². The summed E-state index contributed by atoms with van der Waals surface area (Å²) >= 11 is 0. The molecule has 1 amide bonds. The number of methoxy groups -OCH3 is 1. The Balaban J connectivity index is 1.40. The summed E-state index contributed by atoms with van der Waals surface area (Å²) in [7, 11) is 1.65. The molecule has 7 nitrogen and oxygen atoms in total. The monoisotopic (exact) mass is 416 g/mol. The average molecular weight is 416 g/mol. The predicted molar refractivity (Wildman–Crippen MR) is 117 cm³/mol. The molecule has 2 fully saturated rings. The summed E-state index contributed by atoms with van der Waals surface area (Å²) in [5, 5.41) is 8.96. The second-order valence-corrected chi connectivity index (χ2v) is 7.99. The molecule has 1 atom stereocenters. The van der Waals surface area contributed by atoms with Crippen molar-refractivity contribution in [2.24, 2.45) is 0 Å². The predicted octanol–water partition coefficient (Wildman–Crippen LogP) is 3.41. The van der Waals surface area contributed by atoms with Crippen molar-refractivity contribution < 1.29 is 14.3 Å². The van der Waals surface area contributed by atoms with Crippen LogP contribution in [-0.4, -0.2) is 60.1 Å². The Labute approximate surface area is 181 Å². The lowest BCUT2D eigenvalue weighted by Crippen LogP contribution is -2.62. The van der Waals surface area contributed by atoms with Crippen LogP contribution in [0.25, 0.3) is 11.3 Å². The van der Waals surface area contributed by atoms with E-state index >= 15 is 0 Å². The summed E-state index contributed by atoms with van der Waals surface area (Å²) in [6.45, 7) is 2.32. The number of aromatic nitrogens is 2. The van der Waals surface area contributed by atoms with Crippen molar-refractivity contribution in [1.82, 2.24) is 15.1 Å². The number of ether oxygens (including phenoxy) is 2. The number of cyclic esters (lactones) is 1. The first-order valence-electron chi connectivity index (χ1n) is 10.4. The van der Waals surface area contributed by atoms with E-state index in [4.69, 9.17) is 9.47 Å². The Bertz CT molecular complexity index is 1070. The van der Waals surface area contributed by atoms with Gasteiger partial charge in [0.15, 0.2) is 5.82 Å². The summed E-state index contributed by atoms with van der Waals surface area (Å²) in [5.74, 6) is 1.56. The van der Waals surface area contributed by atoms with E-state index in [-0.39, 0.29) is 6.09 Å². The topological polar surface area (TPSA) is 67.8 Å². The number of rotatable bonds is 5. The molecule has 31 heavy (non-hydrogen) atoms. The highest BCUT2D eigenvalue weighted by molar-refractivity contribution is 5.72. The van der Waals surface area contributed by atoms with Crippen LogP contribution < -0.4 is 9.64 Å². The molecule has 0 bridgehead atoms. The van der Waals surface area contributed by atoms with Crippen LogP contribution in [0.1, 0.15) is 5.56 Å². The number of amides is 1. The maximum atomic E-state index is 12.4. The van der Waals surface area contributed by atoms with Crippen LogP contribution in [-0.2, 0) is 11.2 Å². The standard InChI is InChI=1S/C24H24N4O3/c1-30-21-10-6-5-9-19(21)20-11-12-22(26-25-20)27-13-14-28-23(29)31-17-24(28,16-27)15-18-7-3-2-4-8-18/h2-12H,13-17H2,1H3. The Hall–Kier alpha value is -3.61. The van der Waals surface area contributed by atoms with Crippen molar-refractivity contribution in [3.05, 3.63) is 72.3 Å². The number of piperazine rings is 1. The molecule has 3 heterocycles. The molecule has 5 rings (SSSR count). The molecule has 158 valence electrons. The summed E-state index contributed by atoms with van der Waals surface area (Å²) in [4.78, 5) is 16.4. The first-order chi connectivity index (χ1) is 15.2. The third-order valence-corrected chi connectivity index (χ3v) is 6.07. The van der Waals surface area contributed by atoms with Crippen molar-refractivity contribution in [1.29, 1.82) is 0 Å². The Kier molecular flexibility index (Phi) is 4.94. The van der Waals surface area contributed by atoms with Gasteiger partial charge in [-0.2, -0.15) is 0 Å². The summed E-state index contributed by atoms with van der Waals surface area (Å²) in [6.07, 6.45) is 0.510. The van der Waals surface area contributed by atoms with Gasteiger partial charge < -0.3 is 14.4 Å². The van der Waals surface area contributed by atoms with Gasteiger partial charge in [-0.1, -0.05) is 42.5 Å². The molecule has 0 radical (unpaired) electrons. The van der Waals surface area contributed by atoms with Crippen molar-refractivity contribution in [2.75, 3.05) is 38.3 Å². The fraction of sp³-hybridized carbons (Fsp3) is 0.292. The molecule has 2 aliphatic rings. The van der Waals surface area contributed by atoms with Gasteiger partial charge in [0.25, 0.3) is 0 Å². The molecule has 2 aliphatic heterocycles. The summed E-state index contributed by atoms with van der Waals surface area (Å²) in [6, 6.07) is 22.0. The van der Waals surface area contributed by atoms with Crippen LogP contribution in [0.15, 0.2) is 66.7 Å². The van der Waals surface area contributed by atoms with E-state index in [1.54, 1.807) is 7.11 Å². The van der Waals surface area contributed by atoms with Crippen LogP contribution in [0.3, 0.4) is 0 Å². The number of hydrogen-bond acceptors (Lipinski definition) is 6. The lowest BCUT2D eigenvalue weighted by molar-refractivity contribution is 0.140. The number of carbonyl (C=O) groups excluding carboxylic acids is 1. The quantitative estimate of drug-likeness (QED) is 0.635. The maximum absolute atomic E-state index is 12.4. The Morgan fingerprint density at radius 1 is 1.00 bits per heavy atom. The minimum absolute atomic E-state index is 0.229. The molecule has 1 unspecified atom stereocenters. The third kappa shape index (κ3) is 3.56. The zero-order valence-corrected chi connectivity index (χ0v) is 17.4. The van der Waals surface area contributed by atoms with Crippen LogP contribution in [0.2, 0.25) is 0 Å². The zero-order valence-electron chi connectivity index (χ0n) is 17.4. The minimum atomic E-state index is -0.403. The zero-order chi connectivity index (χ0) is 21.3. The van der Waals surface area contributed by atoms with Gasteiger partial charge in [-0.3, -0.25) is 4.90 Å². The maximum Gasteiger partial charge on any atom is 0.410 e. The largest absolute Gasteiger partial charge is 0.496 e. The highest BCUT2D eigenvalue weighted by Gasteiger charge is 2.51. The van der Waals surface area contributed by atoms with Gasteiger partial charge in [0, 0.05) is 31.6 Å². The lowest BCUT2D eigenvalue weighted by Gasteiger charge is -2.45. The molecule has 2 saturated heterocycles. The van der Waals surface area contributed by atoms with Gasteiger partial charge in [-0.15, -0.1) is 10.2 Å². The van der Waals surface area contributed by atoms with Gasteiger partial charge in [0.05, 0.1) is 12.8 Å². The first-order valence-corrected chi connectivity index (χ1v) is 10.4. The van der Waals surface area contributed by atoms with E-state index in [0.717, 1.165) is 29.2 Å². The smallest absolute Gasteiger partial charge is 0.410 e. The second kappa shape index (κ2) is 7.91. The van der Waals surface area contributed by atoms with Crippen molar-refractivity contribution in [3.63, 3.8) is 0 Å². The number of hydrogen-bond donors (Lipinski definition) is 0. The molecular formula is C24H24N4O3. The fourth-order valence-corrected chi connectivity index (χ4v) is 4.53. The molecule has 2 aromatic carbocycles. The number of nitrogens with zero attached hydrogens (tertiary/aromatic N) is 4. The van der Waals surface area contributed by atoms with E-state index in [2.05, 4.69) is 27.2 Å². The van der Waals surface area contributed by atoms with Gasteiger partial charge in [0.2, 0.25) is 0 Å². The molecule has 0 aliphatic carbocycles. The Morgan fingerprint density at radius 3 is 2.58 bits per heavy atom. The molecule has 7 heteroatoms. The van der Waals surface area contributed by atoms with E-state index in [1.165, 1.54) is 5.56 Å². The van der Waals surface area contributed by atoms with Gasteiger partial charge in [-0.25, -0.2) is 4.79 Å². The fourth-order valence-electron chi connectivity index (χ4n) is 4.53. The molecular weight excluding hydrogens is 392 g/mol. The molecule has 3 aromatic rings. The summed E-state index contributed by atoms with van der Waals surface area (Å²) in [5.41, 5.74) is 2.45. The molecule has 1 aromatic heterocycles. The van der Waals surface area contributed by atoms with Gasteiger partial charge >= 0.3 is 6.09 Å². The third-order valence-electron chi connectivity index (χ3n) is 6.07. The highest BCUT2D eigenvalue weighted by Crippen LogP contribution is 2.34. The number of fused-ring (bicyclic) bond motifs is 1. The summed E-state index contributed by atoms with van der Waals surface area (Å²) < 4.78 is 10.9. The van der Waals surface area contributed by atoms with Crippen LogP contribution in [0.4, 0.5) is 10.6 Å². The van der Waals surface area contributed by atoms with Crippen LogP contribution >= 0.6 is 0 Å². The number of anilines is 1. The minimum Gasteiger partial charge on any atom is -0.496 e. The normalized spacial score (nSPS) is 20.4. The molecule has 0 spiro atoms. The molecule has 0 N–H and O–H groups in total. The second-order valence-electron chi connectivity index (χ2n) is 7.99.